The predicted octanol–water partition coefficient (Wildman–Crippen LogP) is 1.44. The molecule has 1 aliphatic heterocycles. The Morgan fingerprint density at radius 1 is 1.58 bits per heavy atom. The SMILES string of the molecule is CC(C)C(=O)N1CC[C@H](c2ncc(CN(C)C)[nH]2)C1. The van der Waals surface area contributed by atoms with Crippen LogP contribution in [-0.2, 0) is 11.3 Å². The summed E-state index contributed by atoms with van der Waals surface area (Å²) in [6.45, 7) is 6.43. The number of nitrogens with one attached hydrogen (secondary N) is 1. The van der Waals surface area contributed by atoms with Gasteiger partial charge in [0.25, 0.3) is 0 Å². The second-order valence-electron chi connectivity index (χ2n) is 5.96. The van der Waals surface area contributed by atoms with Gasteiger partial charge in [-0.1, -0.05) is 13.8 Å². The Kier molecular flexibility index (Phi) is 4.24. The number of imidazole rings is 1. The monoisotopic (exact) mass is 264 g/mol. The lowest BCUT2D eigenvalue weighted by Crippen LogP contribution is -2.32. The first-order valence-electron chi connectivity index (χ1n) is 6.94. The molecular formula is C14H24N4O. The molecule has 1 fully saturated rings. The number of carbonyl (C=O) groups excluding carboxylic acids is 1. The van der Waals surface area contributed by atoms with Gasteiger partial charge in [0.1, 0.15) is 5.82 Å². The van der Waals surface area contributed by atoms with Crippen molar-refractivity contribution in [2.24, 2.45) is 5.92 Å². The first kappa shape index (κ1) is 14.1. The maximum atomic E-state index is 12.0. The summed E-state index contributed by atoms with van der Waals surface area (Å²) in [5, 5.41) is 0. The van der Waals surface area contributed by atoms with Gasteiger partial charge in [-0.3, -0.25) is 4.79 Å². The van der Waals surface area contributed by atoms with Crippen LogP contribution in [0.25, 0.3) is 0 Å². The molecule has 1 atom stereocenters. The molecule has 2 heterocycles. The summed E-state index contributed by atoms with van der Waals surface area (Å²) >= 11 is 0. The van der Waals surface area contributed by atoms with Crippen molar-refractivity contribution in [3.8, 4) is 0 Å². The van der Waals surface area contributed by atoms with E-state index in [4.69, 9.17) is 0 Å². The van der Waals surface area contributed by atoms with Gasteiger partial charge in [0.05, 0.1) is 0 Å². The van der Waals surface area contributed by atoms with E-state index in [0.29, 0.717) is 5.92 Å². The standard InChI is InChI=1S/C14H24N4O/c1-10(2)14(19)18-6-5-11(8-18)13-15-7-12(16-13)9-17(3)4/h7,10-11H,5-6,8-9H2,1-4H3,(H,15,16)/t11-/m0/s1. The number of aromatic nitrogens is 2. The fraction of sp³-hybridized carbons (Fsp3) is 0.714. The minimum Gasteiger partial charge on any atom is -0.345 e. The lowest BCUT2D eigenvalue weighted by atomic mass is 10.1. The van der Waals surface area contributed by atoms with Gasteiger partial charge in [0, 0.05) is 43.4 Å². The number of aromatic amines is 1. The molecule has 1 amide bonds. The van der Waals surface area contributed by atoms with Crippen LogP contribution in [0, 0.1) is 5.92 Å². The number of nitrogens with zero attached hydrogens (tertiary/aromatic N) is 3. The second-order valence-corrected chi connectivity index (χ2v) is 5.96. The molecule has 106 valence electrons. The van der Waals surface area contributed by atoms with E-state index in [1.165, 1.54) is 0 Å². The number of amides is 1. The van der Waals surface area contributed by atoms with Crippen molar-refractivity contribution >= 4 is 5.91 Å². The van der Waals surface area contributed by atoms with Crippen molar-refractivity contribution in [2.45, 2.75) is 32.7 Å². The van der Waals surface area contributed by atoms with Crippen molar-refractivity contribution in [1.29, 1.82) is 0 Å². The third-order valence-electron chi connectivity index (χ3n) is 3.52. The maximum Gasteiger partial charge on any atom is 0.225 e. The van der Waals surface area contributed by atoms with E-state index in [9.17, 15) is 4.79 Å². The molecule has 5 nitrogen and oxygen atoms in total. The number of hydrogen-bond acceptors (Lipinski definition) is 3. The molecule has 1 N–H and O–H groups in total. The molecule has 0 unspecified atom stereocenters. The summed E-state index contributed by atoms with van der Waals surface area (Å²) in [5.74, 6) is 1.72. The molecule has 0 aromatic carbocycles. The zero-order chi connectivity index (χ0) is 14.0. The number of H-pyrrole nitrogens is 1. The Morgan fingerprint density at radius 3 is 2.95 bits per heavy atom. The largest absolute Gasteiger partial charge is 0.345 e. The molecule has 0 aliphatic carbocycles. The fourth-order valence-electron chi connectivity index (χ4n) is 2.55. The Hall–Kier alpha value is -1.36. The maximum absolute atomic E-state index is 12.0. The second kappa shape index (κ2) is 5.74. The average Bonchev–Trinajstić information content (AvgIpc) is 2.94. The Bertz CT molecular complexity index is 438. The van der Waals surface area contributed by atoms with Crippen molar-refractivity contribution in [3.05, 3.63) is 17.7 Å². The van der Waals surface area contributed by atoms with Crippen LogP contribution in [-0.4, -0.2) is 52.9 Å². The minimum absolute atomic E-state index is 0.0830. The van der Waals surface area contributed by atoms with E-state index in [-0.39, 0.29) is 11.8 Å². The molecular weight excluding hydrogens is 240 g/mol. The van der Waals surface area contributed by atoms with Crippen LogP contribution in [0.3, 0.4) is 0 Å². The zero-order valence-electron chi connectivity index (χ0n) is 12.3. The van der Waals surface area contributed by atoms with E-state index in [1.807, 2.05) is 39.0 Å². The number of likely N-dealkylation sites (tertiary alicyclic amines) is 1. The topological polar surface area (TPSA) is 52.2 Å². The molecule has 1 aliphatic rings. The van der Waals surface area contributed by atoms with Crippen LogP contribution < -0.4 is 0 Å². The van der Waals surface area contributed by atoms with E-state index >= 15 is 0 Å². The summed E-state index contributed by atoms with van der Waals surface area (Å²) in [5.41, 5.74) is 1.13. The summed E-state index contributed by atoms with van der Waals surface area (Å²) < 4.78 is 0. The van der Waals surface area contributed by atoms with Gasteiger partial charge in [-0.25, -0.2) is 4.98 Å². The van der Waals surface area contributed by atoms with Gasteiger partial charge in [-0.15, -0.1) is 0 Å². The molecule has 1 aromatic rings. The van der Waals surface area contributed by atoms with Gasteiger partial charge in [-0.05, 0) is 20.5 Å². The fourth-order valence-corrected chi connectivity index (χ4v) is 2.55. The van der Waals surface area contributed by atoms with E-state index in [1.54, 1.807) is 0 Å². The molecule has 1 saturated heterocycles. The highest BCUT2D eigenvalue weighted by atomic mass is 16.2. The third-order valence-corrected chi connectivity index (χ3v) is 3.52. The summed E-state index contributed by atoms with van der Waals surface area (Å²) in [6, 6.07) is 0. The van der Waals surface area contributed by atoms with E-state index in [0.717, 1.165) is 37.6 Å². The predicted molar refractivity (Wildman–Crippen MR) is 74.8 cm³/mol. The van der Waals surface area contributed by atoms with Gasteiger partial charge in [-0.2, -0.15) is 0 Å². The average molecular weight is 264 g/mol. The highest BCUT2D eigenvalue weighted by molar-refractivity contribution is 5.78. The molecule has 2 rings (SSSR count). The third kappa shape index (κ3) is 3.35. The van der Waals surface area contributed by atoms with Gasteiger partial charge in [0.2, 0.25) is 5.91 Å². The van der Waals surface area contributed by atoms with Crippen molar-refractivity contribution in [3.63, 3.8) is 0 Å². The normalized spacial score (nSPS) is 19.7. The highest BCUT2D eigenvalue weighted by Gasteiger charge is 2.29. The summed E-state index contributed by atoms with van der Waals surface area (Å²) in [7, 11) is 4.08. The van der Waals surface area contributed by atoms with Crippen LogP contribution >= 0.6 is 0 Å². The molecule has 1 aromatic heterocycles. The summed E-state index contributed by atoms with van der Waals surface area (Å²) in [4.78, 5) is 23.9. The van der Waals surface area contributed by atoms with Crippen molar-refractivity contribution in [1.82, 2.24) is 19.8 Å². The lowest BCUT2D eigenvalue weighted by Gasteiger charge is -2.18. The zero-order valence-corrected chi connectivity index (χ0v) is 12.3. The molecule has 0 spiro atoms. The van der Waals surface area contributed by atoms with E-state index < -0.39 is 0 Å². The van der Waals surface area contributed by atoms with Crippen molar-refractivity contribution < 1.29 is 4.79 Å². The smallest absolute Gasteiger partial charge is 0.225 e. The lowest BCUT2D eigenvalue weighted by molar-refractivity contribution is -0.133. The van der Waals surface area contributed by atoms with Gasteiger partial charge in [0.15, 0.2) is 0 Å². The molecule has 0 saturated carbocycles. The summed E-state index contributed by atoms with van der Waals surface area (Å²) in [6.07, 6.45) is 2.91. The molecule has 0 bridgehead atoms. The quantitative estimate of drug-likeness (QED) is 0.895. The van der Waals surface area contributed by atoms with Crippen LogP contribution in [0.4, 0.5) is 0 Å². The number of carbonyl (C=O) groups is 1. The van der Waals surface area contributed by atoms with Gasteiger partial charge < -0.3 is 14.8 Å². The van der Waals surface area contributed by atoms with Crippen molar-refractivity contribution in [2.75, 3.05) is 27.2 Å². The van der Waals surface area contributed by atoms with Crippen LogP contribution in [0.1, 0.15) is 37.7 Å². The molecule has 5 heteroatoms. The van der Waals surface area contributed by atoms with Gasteiger partial charge >= 0.3 is 0 Å². The van der Waals surface area contributed by atoms with Crippen LogP contribution in [0.15, 0.2) is 6.20 Å². The highest BCUT2D eigenvalue weighted by Crippen LogP contribution is 2.26. The first-order valence-corrected chi connectivity index (χ1v) is 6.94. The molecule has 19 heavy (non-hydrogen) atoms. The van der Waals surface area contributed by atoms with Crippen LogP contribution in [0.5, 0.6) is 0 Å². The number of rotatable bonds is 4. The first-order chi connectivity index (χ1) is 8.97. The Labute approximate surface area is 115 Å². The molecule has 0 radical (unpaired) electrons. The van der Waals surface area contributed by atoms with E-state index in [2.05, 4.69) is 14.9 Å². The Balaban J connectivity index is 1.97. The Morgan fingerprint density at radius 2 is 2.32 bits per heavy atom. The number of hydrogen-bond donors (Lipinski definition) is 1. The minimum atomic E-state index is 0.0830. The van der Waals surface area contributed by atoms with Crippen LogP contribution in [0.2, 0.25) is 0 Å².